The van der Waals surface area contributed by atoms with Crippen LogP contribution in [0, 0.1) is 5.92 Å². The van der Waals surface area contributed by atoms with Crippen LogP contribution in [0.2, 0.25) is 0 Å². The van der Waals surface area contributed by atoms with Crippen LogP contribution in [0.15, 0.2) is 22.6 Å². The van der Waals surface area contributed by atoms with Crippen molar-refractivity contribution in [2.75, 3.05) is 6.54 Å². The van der Waals surface area contributed by atoms with Crippen molar-refractivity contribution in [3.8, 4) is 0 Å². The van der Waals surface area contributed by atoms with Crippen LogP contribution in [-0.2, 0) is 16.1 Å². The second kappa shape index (κ2) is 6.49. The Morgan fingerprint density at radius 1 is 1.52 bits per heavy atom. The van der Waals surface area contributed by atoms with Gasteiger partial charge in [0.1, 0.15) is 11.4 Å². The van der Waals surface area contributed by atoms with Gasteiger partial charge in [0.15, 0.2) is 0 Å². The monoisotopic (exact) mass is 309 g/mol. The predicted octanol–water partition coefficient (Wildman–Crippen LogP) is 0.685. The van der Waals surface area contributed by atoms with Crippen LogP contribution in [0.1, 0.15) is 13.3 Å². The lowest BCUT2D eigenvalue weighted by Gasteiger charge is -2.09. The summed E-state index contributed by atoms with van der Waals surface area (Å²) in [6.45, 7) is 1.71. The van der Waals surface area contributed by atoms with E-state index in [-0.39, 0.29) is 24.6 Å². The van der Waals surface area contributed by atoms with Crippen LogP contribution in [0.4, 0.5) is 0 Å². The molecule has 2 heterocycles. The van der Waals surface area contributed by atoms with Crippen molar-refractivity contribution >= 4 is 33.4 Å². The van der Waals surface area contributed by atoms with Crippen molar-refractivity contribution in [3.05, 3.63) is 28.1 Å². The summed E-state index contributed by atoms with van der Waals surface area (Å²) < 4.78 is 1.24. The molecule has 0 spiro atoms. The van der Waals surface area contributed by atoms with E-state index in [2.05, 4.69) is 10.3 Å². The Kier molecular flexibility index (Phi) is 4.69. The number of nitrogens with zero attached hydrogens (tertiary/aromatic N) is 2. The van der Waals surface area contributed by atoms with Gasteiger partial charge in [-0.15, -0.1) is 11.3 Å². The highest BCUT2D eigenvalue weighted by atomic mass is 32.1. The maximum absolute atomic E-state index is 12.1. The Morgan fingerprint density at radius 2 is 2.29 bits per heavy atom. The molecule has 1 amide bonds. The van der Waals surface area contributed by atoms with Gasteiger partial charge in [0, 0.05) is 6.54 Å². The van der Waals surface area contributed by atoms with Gasteiger partial charge in [0.2, 0.25) is 5.91 Å². The molecule has 0 aliphatic rings. The highest BCUT2D eigenvalue weighted by Gasteiger charge is 2.12. The lowest BCUT2D eigenvalue weighted by atomic mass is 10.1. The van der Waals surface area contributed by atoms with E-state index in [0.717, 1.165) is 0 Å². The van der Waals surface area contributed by atoms with Crippen LogP contribution >= 0.6 is 11.3 Å². The first-order chi connectivity index (χ1) is 9.99. The molecule has 2 rings (SSSR count). The number of thiophene rings is 1. The third kappa shape index (κ3) is 3.66. The maximum atomic E-state index is 12.1. The van der Waals surface area contributed by atoms with Crippen LogP contribution in [0.25, 0.3) is 10.2 Å². The van der Waals surface area contributed by atoms with Gasteiger partial charge in [0.25, 0.3) is 5.56 Å². The first kappa shape index (κ1) is 15.2. The number of fused-ring (bicyclic) bond motifs is 1. The van der Waals surface area contributed by atoms with Gasteiger partial charge in [-0.1, -0.05) is 6.92 Å². The molecule has 2 aromatic heterocycles. The normalized spacial score (nSPS) is 12.2. The van der Waals surface area contributed by atoms with E-state index >= 15 is 0 Å². The van der Waals surface area contributed by atoms with E-state index in [4.69, 9.17) is 5.11 Å². The SMILES string of the molecule is CC(CCNC(=O)Cn1cnc2sccc2c1=O)C(=O)O. The van der Waals surface area contributed by atoms with Crippen LogP contribution in [0.5, 0.6) is 0 Å². The molecule has 8 heteroatoms. The first-order valence-corrected chi connectivity index (χ1v) is 7.29. The number of nitrogens with one attached hydrogen (secondary N) is 1. The van der Waals surface area contributed by atoms with E-state index in [1.165, 1.54) is 22.2 Å². The fourth-order valence-electron chi connectivity index (χ4n) is 1.77. The molecule has 1 atom stereocenters. The minimum Gasteiger partial charge on any atom is -0.481 e. The van der Waals surface area contributed by atoms with E-state index in [9.17, 15) is 14.4 Å². The summed E-state index contributed by atoms with van der Waals surface area (Å²) in [5.74, 6) is -1.75. The third-order valence-electron chi connectivity index (χ3n) is 3.09. The fourth-order valence-corrected chi connectivity index (χ4v) is 2.49. The molecule has 21 heavy (non-hydrogen) atoms. The Balaban J connectivity index is 1.94. The molecule has 0 bridgehead atoms. The molecule has 112 valence electrons. The molecule has 2 aromatic rings. The lowest BCUT2D eigenvalue weighted by molar-refractivity contribution is -0.141. The maximum Gasteiger partial charge on any atom is 0.306 e. The number of aromatic nitrogens is 2. The summed E-state index contributed by atoms with van der Waals surface area (Å²) in [6, 6.07) is 1.68. The number of aliphatic carboxylic acids is 1. The van der Waals surface area contributed by atoms with Crippen LogP contribution < -0.4 is 10.9 Å². The lowest BCUT2D eigenvalue weighted by Crippen LogP contribution is -2.33. The second-order valence-electron chi connectivity index (χ2n) is 4.69. The zero-order valence-electron chi connectivity index (χ0n) is 11.4. The van der Waals surface area contributed by atoms with Crippen molar-refractivity contribution in [1.82, 2.24) is 14.9 Å². The highest BCUT2D eigenvalue weighted by molar-refractivity contribution is 7.16. The molecule has 0 saturated heterocycles. The molecular formula is C13H15N3O4S. The van der Waals surface area contributed by atoms with Crippen molar-refractivity contribution in [2.45, 2.75) is 19.9 Å². The number of hydrogen-bond donors (Lipinski definition) is 2. The molecule has 0 fully saturated rings. The number of amides is 1. The molecule has 1 unspecified atom stereocenters. The number of carboxylic acids is 1. The van der Waals surface area contributed by atoms with Crippen LogP contribution in [-0.4, -0.2) is 33.1 Å². The van der Waals surface area contributed by atoms with Crippen molar-refractivity contribution in [2.24, 2.45) is 5.92 Å². The zero-order chi connectivity index (χ0) is 15.4. The minimum atomic E-state index is -0.896. The Bertz CT molecular complexity index is 722. The number of carbonyl (C=O) groups is 2. The Morgan fingerprint density at radius 3 is 3.00 bits per heavy atom. The minimum absolute atomic E-state index is 0.126. The fraction of sp³-hybridized carbons (Fsp3) is 0.385. The molecule has 7 nitrogen and oxygen atoms in total. The summed E-state index contributed by atoms with van der Waals surface area (Å²) in [5, 5.41) is 13.6. The zero-order valence-corrected chi connectivity index (χ0v) is 12.2. The molecule has 0 saturated carbocycles. The number of hydrogen-bond acceptors (Lipinski definition) is 5. The van der Waals surface area contributed by atoms with E-state index in [1.54, 1.807) is 18.4 Å². The average molecular weight is 309 g/mol. The van der Waals surface area contributed by atoms with Gasteiger partial charge in [0.05, 0.1) is 17.6 Å². The van der Waals surface area contributed by atoms with Gasteiger partial charge < -0.3 is 10.4 Å². The summed E-state index contributed by atoms with van der Waals surface area (Å²) in [4.78, 5) is 39.2. The topological polar surface area (TPSA) is 101 Å². The van der Waals surface area contributed by atoms with E-state index in [1.807, 2.05) is 0 Å². The Labute approximate surface area is 124 Å². The standard InChI is InChI=1S/C13H15N3O4S/c1-8(13(19)20)2-4-14-10(17)6-16-7-15-11-9(12(16)18)3-5-21-11/h3,5,7-8H,2,4,6H2,1H3,(H,14,17)(H,19,20). The molecular weight excluding hydrogens is 294 g/mol. The van der Waals surface area contributed by atoms with Crippen molar-refractivity contribution in [1.29, 1.82) is 0 Å². The summed E-state index contributed by atoms with van der Waals surface area (Å²) in [6.07, 6.45) is 1.69. The predicted molar refractivity (Wildman–Crippen MR) is 78.3 cm³/mol. The van der Waals surface area contributed by atoms with E-state index in [0.29, 0.717) is 16.6 Å². The summed E-state index contributed by atoms with van der Waals surface area (Å²) in [7, 11) is 0. The molecule has 2 N–H and O–H groups in total. The largest absolute Gasteiger partial charge is 0.481 e. The molecule has 0 aliphatic heterocycles. The quantitative estimate of drug-likeness (QED) is 0.817. The number of carboxylic acid groups (broad SMARTS) is 1. The summed E-state index contributed by atoms with van der Waals surface area (Å²) >= 11 is 1.37. The first-order valence-electron chi connectivity index (χ1n) is 6.41. The smallest absolute Gasteiger partial charge is 0.306 e. The van der Waals surface area contributed by atoms with Gasteiger partial charge in [-0.3, -0.25) is 19.0 Å². The third-order valence-corrected chi connectivity index (χ3v) is 3.91. The summed E-state index contributed by atoms with van der Waals surface area (Å²) in [5.41, 5.74) is -0.254. The molecule has 0 aliphatic carbocycles. The van der Waals surface area contributed by atoms with Crippen molar-refractivity contribution < 1.29 is 14.7 Å². The van der Waals surface area contributed by atoms with Crippen molar-refractivity contribution in [3.63, 3.8) is 0 Å². The van der Waals surface area contributed by atoms with Gasteiger partial charge in [-0.25, -0.2) is 4.98 Å². The van der Waals surface area contributed by atoms with Crippen LogP contribution in [0.3, 0.4) is 0 Å². The number of carbonyl (C=O) groups excluding carboxylic acids is 1. The number of rotatable bonds is 6. The average Bonchev–Trinajstić information content (AvgIpc) is 2.91. The Hall–Kier alpha value is -2.22. The van der Waals surface area contributed by atoms with Gasteiger partial charge in [-0.05, 0) is 17.9 Å². The van der Waals surface area contributed by atoms with Gasteiger partial charge >= 0.3 is 5.97 Å². The molecule has 0 radical (unpaired) electrons. The second-order valence-corrected chi connectivity index (χ2v) is 5.59. The van der Waals surface area contributed by atoms with Gasteiger partial charge in [-0.2, -0.15) is 0 Å². The van der Waals surface area contributed by atoms with E-state index < -0.39 is 11.9 Å². The highest BCUT2D eigenvalue weighted by Crippen LogP contribution is 2.13. The molecule has 0 aromatic carbocycles.